The Kier molecular flexibility index (Phi) is 3.31. The van der Waals surface area contributed by atoms with Crippen molar-refractivity contribution in [2.45, 2.75) is 50.9 Å². The van der Waals surface area contributed by atoms with Gasteiger partial charge in [-0.25, -0.2) is 9.69 Å². The topological polar surface area (TPSA) is 74.3 Å². The molecule has 0 aromatic carbocycles. The summed E-state index contributed by atoms with van der Waals surface area (Å²) in [5.74, 6) is -1.86. The van der Waals surface area contributed by atoms with Crippen LogP contribution in [0.1, 0.15) is 27.2 Å². The fourth-order valence-electron chi connectivity index (χ4n) is 2.57. The normalized spacial score (nSPS) is 35.4. The van der Waals surface area contributed by atoms with Gasteiger partial charge in [-0.1, -0.05) is 0 Å². The Balaban J connectivity index is 1.82. The van der Waals surface area contributed by atoms with Gasteiger partial charge >= 0.3 is 12.1 Å². The highest BCUT2D eigenvalue weighted by molar-refractivity contribution is 6.01. The average molecular weight is 297 g/mol. The van der Waals surface area contributed by atoms with Gasteiger partial charge in [-0.2, -0.15) is 0 Å². The molecule has 3 atom stereocenters. The third kappa shape index (κ3) is 2.56. The van der Waals surface area contributed by atoms with Crippen molar-refractivity contribution in [1.82, 2.24) is 4.90 Å². The Morgan fingerprint density at radius 1 is 1.43 bits per heavy atom. The minimum absolute atomic E-state index is 0.0664. The van der Waals surface area contributed by atoms with E-state index in [0.29, 0.717) is 13.2 Å². The van der Waals surface area contributed by atoms with E-state index in [0.717, 1.165) is 11.3 Å². The second kappa shape index (κ2) is 4.79. The van der Waals surface area contributed by atoms with E-state index in [-0.39, 0.29) is 6.10 Å². The van der Waals surface area contributed by atoms with Crippen LogP contribution in [0.5, 0.6) is 0 Å². The van der Waals surface area contributed by atoms with Crippen molar-refractivity contribution in [3.05, 3.63) is 12.2 Å². The number of imide groups is 1. The fourth-order valence-corrected chi connectivity index (χ4v) is 2.57. The number of hydrogen-bond acceptors (Lipinski definition) is 6. The van der Waals surface area contributed by atoms with E-state index in [2.05, 4.69) is 0 Å². The summed E-state index contributed by atoms with van der Waals surface area (Å²) < 4.78 is 22.2. The first kappa shape index (κ1) is 14.5. The first-order chi connectivity index (χ1) is 9.81. The molecule has 3 aliphatic heterocycles. The summed E-state index contributed by atoms with van der Waals surface area (Å²) >= 11 is 0. The van der Waals surface area contributed by atoms with E-state index >= 15 is 0 Å². The largest absolute Gasteiger partial charge is 0.443 e. The molecular weight excluding hydrogens is 278 g/mol. The molecule has 7 nitrogen and oxygen atoms in total. The summed E-state index contributed by atoms with van der Waals surface area (Å²) in [4.78, 5) is 25.3. The number of amides is 2. The van der Waals surface area contributed by atoms with Gasteiger partial charge in [0, 0.05) is 6.08 Å². The summed E-state index contributed by atoms with van der Waals surface area (Å²) in [6, 6.07) is -0.773. The van der Waals surface area contributed by atoms with Gasteiger partial charge in [0.25, 0.3) is 5.91 Å². The quantitative estimate of drug-likeness (QED) is 0.723. The zero-order valence-electron chi connectivity index (χ0n) is 12.3. The third-order valence-electron chi connectivity index (χ3n) is 3.43. The predicted molar refractivity (Wildman–Crippen MR) is 70.1 cm³/mol. The zero-order chi connectivity index (χ0) is 15.3. The van der Waals surface area contributed by atoms with Crippen molar-refractivity contribution in [1.29, 1.82) is 0 Å². The number of ether oxygens (including phenoxy) is 4. The van der Waals surface area contributed by atoms with Gasteiger partial charge < -0.3 is 18.9 Å². The maximum atomic E-state index is 12.3. The molecule has 0 N–H and O–H groups in total. The summed E-state index contributed by atoms with van der Waals surface area (Å²) in [5, 5.41) is 0. The van der Waals surface area contributed by atoms with Gasteiger partial charge in [0.15, 0.2) is 0 Å². The van der Waals surface area contributed by atoms with Crippen molar-refractivity contribution >= 4 is 12.0 Å². The van der Waals surface area contributed by atoms with Crippen LogP contribution in [0.2, 0.25) is 0 Å². The molecule has 0 spiro atoms. The van der Waals surface area contributed by atoms with Gasteiger partial charge in [-0.05, 0) is 33.3 Å². The molecule has 3 aliphatic rings. The maximum absolute atomic E-state index is 12.3. The minimum atomic E-state index is -1.40. The van der Waals surface area contributed by atoms with Crippen LogP contribution >= 0.6 is 0 Å². The Morgan fingerprint density at radius 2 is 2.19 bits per heavy atom. The molecule has 7 heteroatoms. The fraction of sp³-hybridized carbons (Fsp3) is 0.714. The Labute approximate surface area is 122 Å². The second-order valence-electron chi connectivity index (χ2n) is 6.28. The molecule has 2 bridgehead atoms. The van der Waals surface area contributed by atoms with Crippen LogP contribution in [0.15, 0.2) is 12.2 Å². The van der Waals surface area contributed by atoms with Crippen LogP contribution in [0.3, 0.4) is 0 Å². The highest BCUT2D eigenvalue weighted by Gasteiger charge is 2.57. The first-order valence-electron chi connectivity index (χ1n) is 7.01. The number of carbonyl (C=O) groups excluding carboxylic acids is 2. The number of hydrogen-bond donors (Lipinski definition) is 0. The minimum Gasteiger partial charge on any atom is -0.443 e. The summed E-state index contributed by atoms with van der Waals surface area (Å²) in [6.45, 7) is 6.07. The van der Waals surface area contributed by atoms with Crippen LogP contribution in [-0.4, -0.2) is 53.8 Å². The van der Waals surface area contributed by atoms with Crippen LogP contribution in [0.25, 0.3) is 0 Å². The number of rotatable bonds is 1. The van der Waals surface area contributed by atoms with E-state index in [9.17, 15) is 9.59 Å². The lowest BCUT2D eigenvalue weighted by Gasteiger charge is -2.38. The van der Waals surface area contributed by atoms with Gasteiger partial charge in [0.05, 0.1) is 19.3 Å². The molecule has 116 valence electrons. The summed E-state index contributed by atoms with van der Waals surface area (Å²) in [6.07, 6.45) is 2.80. The van der Waals surface area contributed by atoms with Crippen molar-refractivity contribution in [3.63, 3.8) is 0 Å². The van der Waals surface area contributed by atoms with E-state index in [1.54, 1.807) is 26.8 Å². The van der Waals surface area contributed by atoms with E-state index in [1.807, 2.05) is 0 Å². The summed E-state index contributed by atoms with van der Waals surface area (Å²) in [5.41, 5.74) is -0.699. The number of carbonyl (C=O) groups is 2. The third-order valence-corrected chi connectivity index (χ3v) is 3.43. The van der Waals surface area contributed by atoms with Crippen LogP contribution in [0, 0.1) is 0 Å². The standard InChI is InChI=1S/C14H19NO6/c1-13(2,3)21-12(17)15-10(4-5-11(15)16)14-18-7-6-9(20-14)8-19-14/h4-5,9-10H,6-8H2,1-3H3/t9-,10?,14+/m1/s1. The van der Waals surface area contributed by atoms with Gasteiger partial charge in [0.1, 0.15) is 11.6 Å². The van der Waals surface area contributed by atoms with Gasteiger partial charge in [0.2, 0.25) is 0 Å². The highest BCUT2D eigenvalue weighted by Crippen LogP contribution is 2.39. The molecule has 3 rings (SSSR count). The molecule has 0 aromatic rings. The molecular formula is C14H19NO6. The maximum Gasteiger partial charge on any atom is 0.418 e. The lowest BCUT2D eigenvalue weighted by Crippen LogP contribution is -2.57. The van der Waals surface area contributed by atoms with Crippen molar-refractivity contribution in [2.75, 3.05) is 13.2 Å². The molecule has 0 saturated carbocycles. The average Bonchev–Trinajstić information content (AvgIpc) is 2.89. The molecule has 0 radical (unpaired) electrons. The van der Waals surface area contributed by atoms with Gasteiger partial charge in [-0.3, -0.25) is 4.79 Å². The highest BCUT2D eigenvalue weighted by atomic mass is 16.9. The lowest BCUT2D eigenvalue weighted by atomic mass is 10.2. The Bertz CT molecular complexity index is 492. The SMILES string of the molecule is CC(C)(C)OC(=O)N1C(=O)C=CC1[C@]12OCC[C@H](CO1)O2. The molecule has 0 aromatic heterocycles. The molecule has 21 heavy (non-hydrogen) atoms. The second-order valence-corrected chi connectivity index (χ2v) is 6.28. The lowest BCUT2D eigenvalue weighted by molar-refractivity contribution is -0.367. The Hall–Kier alpha value is -1.44. The van der Waals surface area contributed by atoms with Crippen molar-refractivity contribution < 1.29 is 28.5 Å². The molecule has 2 fully saturated rings. The zero-order valence-corrected chi connectivity index (χ0v) is 12.3. The number of fused-ring (bicyclic) bond motifs is 2. The monoisotopic (exact) mass is 297 g/mol. The molecule has 3 heterocycles. The van der Waals surface area contributed by atoms with Crippen molar-refractivity contribution in [2.24, 2.45) is 0 Å². The van der Waals surface area contributed by atoms with Gasteiger partial charge in [-0.15, -0.1) is 0 Å². The summed E-state index contributed by atoms with van der Waals surface area (Å²) in [7, 11) is 0. The van der Waals surface area contributed by atoms with Crippen molar-refractivity contribution in [3.8, 4) is 0 Å². The smallest absolute Gasteiger partial charge is 0.418 e. The molecule has 2 amide bonds. The van der Waals surface area contributed by atoms with E-state index in [1.165, 1.54) is 6.08 Å². The molecule has 1 unspecified atom stereocenters. The van der Waals surface area contributed by atoms with E-state index < -0.39 is 29.6 Å². The van der Waals surface area contributed by atoms with Crippen LogP contribution in [0.4, 0.5) is 4.79 Å². The van der Waals surface area contributed by atoms with Crippen LogP contribution in [-0.2, 0) is 23.7 Å². The first-order valence-corrected chi connectivity index (χ1v) is 7.01. The molecule has 2 saturated heterocycles. The number of nitrogens with zero attached hydrogens (tertiary/aromatic N) is 1. The molecule has 0 aliphatic carbocycles. The van der Waals surface area contributed by atoms with E-state index in [4.69, 9.17) is 18.9 Å². The van der Waals surface area contributed by atoms with Crippen LogP contribution < -0.4 is 0 Å². The predicted octanol–water partition coefficient (Wildman–Crippen LogP) is 1.18. The Morgan fingerprint density at radius 3 is 2.90 bits per heavy atom.